The minimum Gasteiger partial charge on any atom is -0.271 e. The Morgan fingerprint density at radius 1 is 1.13 bits per heavy atom. The van der Waals surface area contributed by atoms with Crippen LogP contribution in [0.4, 0.5) is 0 Å². The van der Waals surface area contributed by atoms with Crippen LogP contribution in [-0.4, -0.2) is 27.1 Å². The molecule has 0 saturated heterocycles. The van der Waals surface area contributed by atoms with Crippen LogP contribution >= 0.6 is 0 Å². The van der Waals surface area contributed by atoms with Crippen LogP contribution in [0.25, 0.3) is 17.1 Å². The van der Waals surface area contributed by atoms with Crippen LogP contribution in [0.2, 0.25) is 0 Å². The van der Waals surface area contributed by atoms with Crippen molar-refractivity contribution >= 4 is 29.2 Å². The van der Waals surface area contributed by atoms with Gasteiger partial charge < -0.3 is 0 Å². The van der Waals surface area contributed by atoms with E-state index in [2.05, 4.69) is 20.8 Å². The van der Waals surface area contributed by atoms with Crippen LogP contribution in [-0.2, 0) is 11.3 Å². The number of aromatic nitrogens is 3. The average molecular weight is 305 g/mol. The fourth-order valence-electron chi connectivity index (χ4n) is 2.08. The van der Waals surface area contributed by atoms with Crippen LogP contribution in [0.1, 0.15) is 5.56 Å². The van der Waals surface area contributed by atoms with Crippen molar-refractivity contribution in [1.82, 2.24) is 20.4 Å². The highest BCUT2D eigenvalue weighted by molar-refractivity contribution is 5.82. The maximum atomic E-state index is 11.8. The van der Waals surface area contributed by atoms with Crippen LogP contribution in [0, 0.1) is 0 Å². The molecule has 6 nitrogen and oxygen atoms in total. The highest BCUT2D eigenvalue weighted by Gasteiger charge is 2.07. The Morgan fingerprint density at radius 3 is 2.78 bits per heavy atom. The summed E-state index contributed by atoms with van der Waals surface area (Å²) >= 11 is 0. The molecule has 0 atom stereocenters. The second-order valence-corrected chi connectivity index (χ2v) is 4.82. The molecule has 0 aliphatic heterocycles. The normalized spacial score (nSPS) is 11.5. The number of hydrogen-bond donors (Lipinski definition) is 1. The Bertz CT molecular complexity index is 852. The average Bonchev–Trinajstić information content (AvgIpc) is 2.99. The summed E-state index contributed by atoms with van der Waals surface area (Å²) in [5.41, 5.74) is 5.11. The number of allylic oxidation sites excluding steroid dienone is 1. The summed E-state index contributed by atoms with van der Waals surface area (Å²) in [6.07, 6.45) is 5.20. The molecule has 1 N–H and O–H groups in total. The number of fused-ring (bicyclic) bond motifs is 1. The van der Waals surface area contributed by atoms with Crippen LogP contribution in [0.3, 0.4) is 0 Å². The molecule has 0 spiro atoms. The van der Waals surface area contributed by atoms with Gasteiger partial charge in [-0.1, -0.05) is 53.8 Å². The number of benzene rings is 2. The van der Waals surface area contributed by atoms with Gasteiger partial charge in [0.15, 0.2) is 0 Å². The van der Waals surface area contributed by atoms with Gasteiger partial charge in [0.2, 0.25) is 0 Å². The van der Waals surface area contributed by atoms with E-state index in [1.165, 1.54) is 6.21 Å². The molecule has 6 heteroatoms. The zero-order valence-electron chi connectivity index (χ0n) is 12.3. The summed E-state index contributed by atoms with van der Waals surface area (Å²) in [7, 11) is 0. The largest absolute Gasteiger partial charge is 0.271 e. The molecular weight excluding hydrogens is 290 g/mol. The first kappa shape index (κ1) is 14.6. The monoisotopic (exact) mass is 305 g/mol. The SMILES string of the molecule is O=C(Cn1nnc2ccccc21)N/N=C\C=C\c1ccccc1. The number of hydrazone groups is 1. The van der Waals surface area contributed by atoms with Crippen molar-refractivity contribution in [3.05, 3.63) is 66.2 Å². The van der Waals surface area contributed by atoms with E-state index < -0.39 is 0 Å². The molecule has 114 valence electrons. The van der Waals surface area contributed by atoms with E-state index in [1.54, 1.807) is 10.8 Å². The summed E-state index contributed by atoms with van der Waals surface area (Å²) in [4.78, 5) is 11.8. The lowest BCUT2D eigenvalue weighted by Crippen LogP contribution is -2.23. The van der Waals surface area contributed by atoms with E-state index in [9.17, 15) is 4.79 Å². The standard InChI is InChI=1S/C17H15N5O/c23-17(13-22-16-11-5-4-10-15(16)19-21-22)20-18-12-6-9-14-7-2-1-3-8-14/h1-12H,13H2,(H,20,23)/b9-6+,18-12-. The Balaban J connectivity index is 1.53. The first-order valence-corrected chi connectivity index (χ1v) is 7.15. The van der Waals surface area contributed by atoms with E-state index in [-0.39, 0.29) is 12.5 Å². The van der Waals surface area contributed by atoms with Gasteiger partial charge in [-0.05, 0) is 23.8 Å². The highest BCUT2D eigenvalue weighted by Crippen LogP contribution is 2.09. The third-order valence-electron chi connectivity index (χ3n) is 3.15. The van der Waals surface area contributed by atoms with Crippen molar-refractivity contribution in [2.45, 2.75) is 6.54 Å². The van der Waals surface area contributed by atoms with Gasteiger partial charge in [-0.15, -0.1) is 5.10 Å². The number of amides is 1. The van der Waals surface area contributed by atoms with E-state index in [4.69, 9.17) is 0 Å². The van der Waals surface area contributed by atoms with Gasteiger partial charge in [0, 0.05) is 6.21 Å². The van der Waals surface area contributed by atoms with E-state index in [1.807, 2.05) is 60.7 Å². The van der Waals surface area contributed by atoms with Gasteiger partial charge in [-0.2, -0.15) is 5.10 Å². The minimum absolute atomic E-state index is 0.0697. The van der Waals surface area contributed by atoms with E-state index in [0.717, 1.165) is 16.6 Å². The predicted molar refractivity (Wildman–Crippen MR) is 89.6 cm³/mol. The number of nitrogens with zero attached hydrogens (tertiary/aromatic N) is 4. The Hall–Kier alpha value is -3.28. The van der Waals surface area contributed by atoms with Crippen molar-refractivity contribution < 1.29 is 4.79 Å². The molecule has 1 heterocycles. The predicted octanol–water partition coefficient (Wildman–Crippen LogP) is 2.25. The van der Waals surface area contributed by atoms with E-state index >= 15 is 0 Å². The number of carbonyl (C=O) groups excluding carboxylic acids is 1. The van der Waals surface area contributed by atoms with Crippen molar-refractivity contribution in [2.24, 2.45) is 5.10 Å². The second kappa shape index (κ2) is 7.13. The zero-order valence-corrected chi connectivity index (χ0v) is 12.3. The maximum absolute atomic E-state index is 11.8. The van der Waals surface area contributed by atoms with E-state index in [0.29, 0.717) is 0 Å². The molecule has 23 heavy (non-hydrogen) atoms. The molecule has 0 bridgehead atoms. The zero-order chi connectivity index (χ0) is 15.9. The maximum Gasteiger partial charge on any atom is 0.261 e. The molecular formula is C17H15N5O. The number of carbonyl (C=O) groups is 1. The molecule has 3 aromatic rings. The van der Waals surface area contributed by atoms with Gasteiger partial charge >= 0.3 is 0 Å². The van der Waals surface area contributed by atoms with Gasteiger partial charge in [-0.3, -0.25) is 4.79 Å². The third-order valence-corrected chi connectivity index (χ3v) is 3.15. The van der Waals surface area contributed by atoms with Crippen LogP contribution in [0.5, 0.6) is 0 Å². The van der Waals surface area contributed by atoms with Gasteiger partial charge in [0.25, 0.3) is 5.91 Å². The first-order chi connectivity index (χ1) is 11.3. The summed E-state index contributed by atoms with van der Waals surface area (Å²) in [6.45, 7) is 0.0697. The van der Waals surface area contributed by atoms with Gasteiger partial charge in [0.1, 0.15) is 12.1 Å². The molecule has 0 saturated carbocycles. The van der Waals surface area contributed by atoms with Crippen LogP contribution < -0.4 is 5.43 Å². The van der Waals surface area contributed by atoms with Crippen LogP contribution in [0.15, 0.2) is 65.8 Å². The minimum atomic E-state index is -0.259. The fourth-order valence-corrected chi connectivity index (χ4v) is 2.08. The van der Waals surface area contributed by atoms with Crippen molar-refractivity contribution in [1.29, 1.82) is 0 Å². The summed E-state index contributed by atoms with van der Waals surface area (Å²) in [5, 5.41) is 11.8. The van der Waals surface area contributed by atoms with Crippen molar-refractivity contribution in [3.63, 3.8) is 0 Å². The van der Waals surface area contributed by atoms with Gasteiger partial charge in [0.05, 0.1) is 5.52 Å². The topological polar surface area (TPSA) is 72.2 Å². The molecule has 3 rings (SSSR count). The molecule has 0 radical (unpaired) electrons. The molecule has 1 amide bonds. The van der Waals surface area contributed by atoms with Crippen molar-refractivity contribution in [3.8, 4) is 0 Å². The third kappa shape index (κ3) is 3.88. The molecule has 1 aromatic heterocycles. The second-order valence-electron chi connectivity index (χ2n) is 4.82. The fraction of sp³-hybridized carbons (Fsp3) is 0.0588. The molecule has 0 aliphatic rings. The molecule has 2 aromatic carbocycles. The summed E-state index contributed by atoms with van der Waals surface area (Å²) < 4.78 is 1.54. The lowest BCUT2D eigenvalue weighted by atomic mass is 10.2. The molecule has 0 aliphatic carbocycles. The lowest BCUT2D eigenvalue weighted by molar-refractivity contribution is -0.121. The summed E-state index contributed by atoms with van der Waals surface area (Å²) in [5.74, 6) is -0.259. The van der Waals surface area contributed by atoms with Gasteiger partial charge in [-0.25, -0.2) is 10.1 Å². The lowest BCUT2D eigenvalue weighted by Gasteiger charge is -2.00. The highest BCUT2D eigenvalue weighted by atomic mass is 16.2. The number of nitrogens with one attached hydrogen (secondary N) is 1. The van der Waals surface area contributed by atoms with Crippen molar-refractivity contribution in [2.75, 3.05) is 0 Å². The number of rotatable bonds is 5. The first-order valence-electron chi connectivity index (χ1n) is 7.15. The smallest absolute Gasteiger partial charge is 0.261 e. The summed E-state index contributed by atoms with van der Waals surface area (Å²) in [6, 6.07) is 17.3. The number of para-hydroxylation sites is 1. The molecule has 0 unspecified atom stereocenters. The Labute approximate surface area is 133 Å². The number of hydrogen-bond acceptors (Lipinski definition) is 4. The Morgan fingerprint density at radius 2 is 1.91 bits per heavy atom. The Kier molecular flexibility index (Phi) is 4.54. The molecule has 0 fully saturated rings. The quantitative estimate of drug-likeness (QED) is 0.580.